The number of aromatic nitrogens is 3. The molecule has 1 atom stereocenters. The number of esters is 1. The van der Waals surface area contributed by atoms with Crippen molar-refractivity contribution in [2.24, 2.45) is 5.73 Å². The van der Waals surface area contributed by atoms with Crippen LogP contribution in [0.2, 0.25) is 0 Å². The summed E-state index contributed by atoms with van der Waals surface area (Å²) in [5.41, 5.74) is 5.77. The van der Waals surface area contributed by atoms with Crippen molar-refractivity contribution in [2.45, 2.75) is 65.2 Å². The van der Waals surface area contributed by atoms with Crippen LogP contribution >= 0.6 is 22.7 Å². The second kappa shape index (κ2) is 10.7. The average molecular weight is 532 g/mol. The van der Waals surface area contributed by atoms with Gasteiger partial charge in [-0.15, -0.1) is 22.7 Å². The molecule has 2 amide bonds. The van der Waals surface area contributed by atoms with Gasteiger partial charge < -0.3 is 20.5 Å². The first-order valence-corrected chi connectivity index (χ1v) is 12.9. The minimum Gasteiger partial charge on any atom is -0.458 e. The molecule has 0 saturated heterocycles. The van der Waals surface area contributed by atoms with Crippen LogP contribution in [0.1, 0.15) is 57.0 Å². The molecule has 3 aromatic heterocycles. The second-order valence-corrected chi connectivity index (χ2v) is 11.7. The van der Waals surface area contributed by atoms with Crippen LogP contribution in [0.25, 0.3) is 22.1 Å². The molecule has 0 unspecified atom stereocenters. The molecule has 0 fully saturated rings. The van der Waals surface area contributed by atoms with Crippen molar-refractivity contribution < 1.29 is 23.9 Å². The van der Waals surface area contributed by atoms with Gasteiger partial charge in [0.1, 0.15) is 39.3 Å². The lowest BCUT2D eigenvalue weighted by atomic mass is 10.1. The van der Waals surface area contributed by atoms with Crippen LogP contribution in [0, 0.1) is 0 Å². The van der Waals surface area contributed by atoms with E-state index in [0.717, 1.165) is 0 Å². The average Bonchev–Trinajstić information content (AvgIpc) is 3.40. The van der Waals surface area contributed by atoms with Crippen molar-refractivity contribution in [3.63, 3.8) is 0 Å². The molecule has 0 radical (unpaired) electrons. The van der Waals surface area contributed by atoms with Gasteiger partial charge in [-0.25, -0.2) is 24.5 Å². The number of carbonyl (C=O) groups excluding carboxylic acids is 3. The van der Waals surface area contributed by atoms with Gasteiger partial charge in [0.05, 0.1) is 10.7 Å². The normalized spacial score (nSPS) is 12.6. The van der Waals surface area contributed by atoms with Crippen LogP contribution in [-0.4, -0.2) is 50.2 Å². The zero-order valence-corrected chi connectivity index (χ0v) is 22.6. The van der Waals surface area contributed by atoms with Crippen molar-refractivity contribution >= 4 is 40.6 Å². The number of hydrogen-bond donors (Lipinski definition) is 2. The lowest BCUT2D eigenvalue weighted by Crippen LogP contribution is -2.47. The topological polar surface area (TPSA) is 146 Å². The Balaban J connectivity index is 1.78. The first kappa shape index (κ1) is 27.2. The van der Waals surface area contributed by atoms with Gasteiger partial charge in [-0.1, -0.05) is 6.07 Å². The summed E-state index contributed by atoms with van der Waals surface area (Å²) in [6, 6.07) is 3.99. The third-order valence-electron chi connectivity index (χ3n) is 4.30. The van der Waals surface area contributed by atoms with E-state index in [1.807, 2.05) is 10.8 Å². The zero-order chi connectivity index (χ0) is 26.7. The molecule has 3 aromatic rings. The number of alkyl carbamates (subject to hydrolysis) is 1. The highest BCUT2D eigenvalue weighted by molar-refractivity contribution is 7.14. The number of primary amides is 1. The second-order valence-electron chi connectivity index (χ2n) is 9.87. The Morgan fingerprint density at radius 3 is 2.22 bits per heavy atom. The third kappa shape index (κ3) is 7.82. The summed E-state index contributed by atoms with van der Waals surface area (Å²) in [6.45, 7) is 10.5. The van der Waals surface area contributed by atoms with Gasteiger partial charge in [-0.2, -0.15) is 0 Å². The number of nitrogens with zero attached hydrogens (tertiary/aromatic N) is 3. The zero-order valence-electron chi connectivity index (χ0n) is 20.9. The predicted molar refractivity (Wildman–Crippen MR) is 138 cm³/mol. The van der Waals surface area contributed by atoms with Crippen molar-refractivity contribution in [1.29, 1.82) is 0 Å². The van der Waals surface area contributed by atoms with E-state index in [0.29, 0.717) is 27.1 Å². The van der Waals surface area contributed by atoms with Gasteiger partial charge in [0.25, 0.3) is 5.91 Å². The summed E-state index contributed by atoms with van der Waals surface area (Å²) in [5, 5.41) is 7.50. The van der Waals surface area contributed by atoms with Crippen LogP contribution in [0.4, 0.5) is 4.79 Å². The van der Waals surface area contributed by atoms with Crippen LogP contribution in [0.3, 0.4) is 0 Å². The highest BCUT2D eigenvalue weighted by Gasteiger charge is 2.30. The Bertz CT molecular complexity index is 1260. The van der Waals surface area contributed by atoms with Crippen LogP contribution in [-0.2, 0) is 20.7 Å². The standard InChI is InChI=1S/C24H29N5O5S2/c1-23(2,3)33-21(31)15(29-22(32)34-24(4,5)6)10-18-27-17(12-35-18)20-28-16(11-36-20)13-8-7-9-14(26-13)19(25)30/h7-9,11-12,15H,10H2,1-6H3,(H2,25,30)(H,29,32)/t15-/m0/s1. The van der Waals surface area contributed by atoms with Crippen LogP contribution < -0.4 is 11.1 Å². The van der Waals surface area contributed by atoms with Crippen LogP contribution in [0.5, 0.6) is 0 Å². The van der Waals surface area contributed by atoms with Crippen molar-refractivity contribution in [1.82, 2.24) is 20.3 Å². The molecule has 36 heavy (non-hydrogen) atoms. The molecule has 0 aliphatic rings. The van der Waals surface area contributed by atoms with Crippen molar-refractivity contribution in [2.75, 3.05) is 0 Å². The Morgan fingerprint density at radius 1 is 0.917 bits per heavy atom. The number of hydrogen-bond acceptors (Lipinski definition) is 10. The maximum absolute atomic E-state index is 12.8. The fraction of sp³-hybridized carbons (Fsp3) is 0.417. The number of carbonyl (C=O) groups is 3. The molecule has 3 heterocycles. The van der Waals surface area contributed by atoms with Crippen molar-refractivity contribution in [3.05, 3.63) is 39.7 Å². The fourth-order valence-electron chi connectivity index (χ4n) is 2.92. The number of nitrogens with two attached hydrogens (primary N) is 1. The number of pyridine rings is 1. The molecule has 12 heteroatoms. The summed E-state index contributed by atoms with van der Waals surface area (Å²) in [5.74, 6) is -1.20. The highest BCUT2D eigenvalue weighted by atomic mass is 32.1. The van der Waals surface area contributed by atoms with Gasteiger partial charge in [0.15, 0.2) is 0 Å². The Labute approximate surface area is 217 Å². The SMILES string of the molecule is CC(C)(C)OC(=O)N[C@@H](Cc1nc(-c2nc(-c3cccc(C(N)=O)n3)cs2)cs1)C(=O)OC(C)(C)C. The summed E-state index contributed by atoms with van der Waals surface area (Å²) < 4.78 is 10.8. The van der Waals surface area contributed by atoms with E-state index >= 15 is 0 Å². The lowest BCUT2D eigenvalue weighted by Gasteiger charge is -2.25. The quantitative estimate of drug-likeness (QED) is 0.431. The van der Waals surface area contributed by atoms with E-state index in [1.54, 1.807) is 53.7 Å². The van der Waals surface area contributed by atoms with E-state index < -0.39 is 35.2 Å². The molecular formula is C24H29N5O5S2. The van der Waals surface area contributed by atoms with E-state index in [9.17, 15) is 14.4 Å². The number of nitrogens with one attached hydrogen (secondary N) is 1. The van der Waals surface area contributed by atoms with Gasteiger partial charge >= 0.3 is 12.1 Å². The first-order valence-electron chi connectivity index (χ1n) is 11.1. The minimum atomic E-state index is -0.981. The maximum Gasteiger partial charge on any atom is 0.408 e. The van der Waals surface area contributed by atoms with Crippen LogP contribution in [0.15, 0.2) is 29.0 Å². The van der Waals surface area contributed by atoms with E-state index in [4.69, 9.17) is 15.2 Å². The Kier molecular flexibility index (Phi) is 8.09. The number of amides is 2. The van der Waals surface area contributed by atoms with Gasteiger partial charge in [0, 0.05) is 17.2 Å². The summed E-state index contributed by atoms with van der Waals surface area (Å²) in [4.78, 5) is 50.0. The molecule has 0 aromatic carbocycles. The fourth-order valence-corrected chi connectivity index (χ4v) is 4.59. The molecule has 0 spiro atoms. The number of rotatable bonds is 7. The molecule has 10 nitrogen and oxygen atoms in total. The van der Waals surface area contributed by atoms with E-state index in [1.165, 1.54) is 28.7 Å². The van der Waals surface area contributed by atoms with Gasteiger partial charge in [-0.05, 0) is 53.7 Å². The predicted octanol–water partition coefficient (Wildman–Crippen LogP) is 4.21. The monoisotopic (exact) mass is 531 g/mol. The molecule has 3 N–H and O–H groups in total. The smallest absolute Gasteiger partial charge is 0.408 e. The number of ether oxygens (including phenoxy) is 2. The van der Waals surface area contributed by atoms with E-state index in [2.05, 4.69) is 20.3 Å². The molecule has 0 aliphatic heterocycles. The van der Waals surface area contributed by atoms with E-state index in [-0.39, 0.29) is 12.1 Å². The Morgan fingerprint density at radius 2 is 1.58 bits per heavy atom. The molecule has 192 valence electrons. The summed E-state index contributed by atoms with van der Waals surface area (Å²) in [6.07, 6.45) is -0.593. The Hall–Kier alpha value is -3.38. The largest absolute Gasteiger partial charge is 0.458 e. The van der Waals surface area contributed by atoms with Gasteiger partial charge in [0.2, 0.25) is 0 Å². The molecule has 0 saturated carbocycles. The van der Waals surface area contributed by atoms with Gasteiger partial charge in [-0.3, -0.25) is 4.79 Å². The maximum atomic E-state index is 12.8. The number of thiazole rings is 2. The molecule has 0 aliphatic carbocycles. The van der Waals surface area contributed by atoms with Crippen molar-refractivity contribution in [3.8, 4) is 22.1 Å². The molecule has 0 bridgehead atoms. The molecular weight excluding hydrogens is 502 g/mol. The summed E-state index contributed by atoms with van der Waals surface area (Å²) in [7, 11) is 0. The highest BCUT2D eigenvalue weighted by Crippen LogP contribution is 2.29. The lowest BCUT2D eigenvalue weighted by molar-refractivity contribution is -0.157. The molecule has 3 rings (SSSR count). The first-order chi connectivity index (χ1) is 16.7. The minimum absolute atomic E-state index is 0.124. The third-order valence-corrected chi connectivity index (χ3v) is 6.04. The summed E-state index contributed by atoms with van der Waals surface area (Å²) >= 11 is 2.71.